The quantitative estimate of drug-likeness (QED) is 0.342. The van der Waals surface area contributed by atoms with Crippen LogP contribution in [0, 0.1) is 47.3 Å². The van der Waals surface area contributed by atoms with Gasteiger partial charge in [-0.1, -0.05) is 12.2 Å². The van der Waals surface area contributed by atoms with Gasteiger partial charge in [-0.2, -0.15) is 0 Å². The fourth-order valence-electron chi connectivity index (χ4n) is 5.20. The van der Waals surface area contributed by atoms with Gasteiger partial charge in [0.2, 0.25) is 0 Å². The minimum Gasteiger partial charge on any atom is -0.393 e. The van der Waals surface area contributed by atoms with Crippen molar-refractivity contribution in [2.45, 2.75) is 0 Å². The van der Waals surface area contributed by atoms with Crippen molar-refractivity contribution in [1.29, 1.82) is 0 Å². The summed E-state index contributed by atoms with van der Waals surface area (Å²) in [6, 6.07) is 0. The summed E-state index contributed by atoms with van der Waals surface area (Å²) in [5.74, 6) is -4.26. The molecule has 0 aromatic rings. The maximum Gasteiger partial charge on any atom is 0.318 e. The summed E-state index contributed by atoms with van der Waals surface area (Å²) in [5.41, 5.74) is 0. The molecule has 0 amide bonds. The lowest BCUT2D eigenvalue weighted by molar-refractivity contribution is -0.166. The molecule has 2 bridgehead atoms. The third-order valence-corrected chi connectivity index (χ3v) is 5.81. The van der Waals surface area contributed by atoms with E-state index in [0.29, 0.717) is 0 Å². The summed E-state index contributed by atoms with van der Waals surface area (Å²) in [6.07, 6.45) is 3.83. The van der Waals surface area contributed by atoms with Gasteiger partial charge in [-0.05, 0) is 23.7 Å². The number of carbonyl (C=O) groups excluding carboxylic acids is 4. The van der Waals surface area contributed by atoms with Crippen LogP contribution < -0.4 is 0 Å². The van der Waals surface area contributed by atoms with Crippen LogP contribution in [0.15, 0.2) is 12.2 Å². The maximum atomic E-state index is 11.9. The molecule has 6 heteroatoms. The molecule has 0 unspecified atom stereocenters. The molecule has 2 saturated heterocycles. The molecule has 20 heavy (non-hydrogen) atoms. The zero-order valence-electron chi connectivity index (χ0n) is 10.2. The second kappa shape index (κ2) is 3.02. The van der Waals surface area contributed by atoms with Crippen LogP contribution in [0.1, 0.15) is 0 Å². The van der Waals surface area contributed by atoms with Gasteiger partial charge in [0.05, 0.1) is 23.7 Å². The summed E-state index contributed by atoms with van der Waals surface area (Å²) in [5, 5.41) is 0. The molecule has 6 rings (SSSR count). The smallest absolute Gasteiger partial charge is 0.318 e. The average Bonchev–Trinajstić information content (AvgIpc) is 2.78. The van der Waals surface area contributed by atoms with E-state index in [2.05, 4.69) is 0 Å². The normalized spacial score (nSPS) is 54.0. The third kappa shape index (κ3) is 0.910. The van der Waals surface area contributed by atoms with E-state index < -0.39 is 47.5 Å². The van der Waals surface area contributed by atoms with Gasteiger partial charge in [0.1, 0.15) is 0 Å². The molecule has 102 valence electrons. The molecule has 8 atom stereocenters. The van der Waals surface area contributed by atoms with Crippen LogP contribution in [0.3, 0.4) is 0 Å². The molecular formula is C14H10O6. The average molecular weight is 274 g/mol. The van der Waals surface area contributed by atoms with Gasteiger partial charge in [-0.25, -0.2) is 0 Å². The fraction of sp³-hybridized carbons (Fsp3) is 0.571. The maximum absolute atomic E-state index is 11.9. The molecule has 2 heterocycles. The Morgan fingerprint density at radius 2 is 0.950 bits per heavy atom. The van der Waals surface area contributed by atoms with Crippen LogP contribution in [0.4, 0.5) is 0 Å². The Morgan fingerprint density at radius 1 is 0.600 bits per heavy atom. The van der Waals surface area contributed by atoms with Gasteiger partial charge in [0.15, 0.2) is 0 Å². The van der Waals surface area contributed by atoms with Crippen LogP contribution in [0.5, 0.6) is 0 Å². The lowest BCUT2D eigenvalue weighted by Crippen LogP contribution is -2.63. The lowest BCUT2D eigenvalue weighted by Gasteiger charge is -2.59. The number of cyclic esters (lactones) is 4. The molecule has 0 spiro atoms. The zero-order valence-corrected chi connectivity index (χ0v) is 10.2. The highest BCUT2D eigenvalue weighted by molar-refractivity contribution is 6.01. The van der Waals surface area contributed by atoms with Crippen molar-refractivity contribution in [2.24, 2.45) is 47.3 Å². The molecule has 6 aliphatic rings. The Morgan fingerprint density at radius 3 is 1.35 bits per heavy atom. The van der Waals surface area contributed by atoms with E-state index in [1.165, 1.54) is 0 Å². The van der Waals surface area contributed by atoms with E-state index in [-0.39, 0.29) is 23.7 Å². The summed E-state index contributed by atoms with van der Waals surface area (Å²) >= 11 is 0. The van der Waals surface area contributed by atoms with Gasteiger partial charge < -0.3 is 9.47 Å². The highest BCUT2D eigenvalue weighted by atomic mass is 16.6. The SMILES string of the molecule is O=C1OC(=O)[C@@H]2[C@@H]3C=C[C@H]([C@@H]12)[C@@H]1[C@H]2C(=O)OC(=O)[C@@H]2[C@H]31. The summed E-state index contributed by atoms with van der Waals surface area (Å²) < 4.78 is 9.50. The molecule has 0 aromatic heterocycles. The highest BCUT2D eigenvalue weighted by Crippen LogP contribution is 2.67. The monoisotopic (exact) mass is 274 g/mol. The van der Waals surface area contributed by atoms with Gasteiger partial charge in [0.25, 0.3) is 0 Å². The Balaban J connectivity index is 1.63. The minimum absolute atomic E-state index is 0.0614. The van der Waals surface area contributed by atoms with E-state index >= 15 is 0 Å². The number of carbonyl (C=O) groups is 4. The predicted molar refractivity (Wildman–Crippen MR) is 59.3 cm³/mol. The van der Waals surface area contributed by atoms with Gasteiger partial charge in [-0.3, -0.25) is 19.2 Å². The second-order valence-corrected chi connectivity index (χ2v) is 6.28. The largest absolute Gasteiger partial charge is 0.393 e. The predicted octanol–water partition coefficient (Wildman–Crippen LogP) is -0.320. The second-order valence-electron chi connectivity index (χ2n) is 6.28. The molecule has 6 nitrogen and oxygen atoms in total. The highest BCUT2D eigenvalue weighted by Gasteiger charge is 2.74. The molecule has 4 aliphatic carbocycles. The van der Waals surface area contributed by atoms with Crippen molar-refractivity contribution in [2.75, 3.05) is 0 Å². The first-order valence-electron chi connectivity index (χ1n) is 6.79. The van der Waals surface area contributed by atoms with Crippen LogP contribution in [-0.4, -0.2) is 23.9 Å². The van der Waals surface area contributed by atoms with Gasteiger partial charge in [0, 0.05) is 0 Å². The van der Waals surface area contributed by atoms with Crippen LogP contribution >= 0.6 is 0 Å². The molecule has 0 N–H and O–H groups in total. The Labute approximate surface area is 113 Å². The first-order chi connectivity index (χ1) is 9.59. The topological polar surface area (TPSA) is 86.7 Å². The van der Waals surface area contributed by atoms with Crippen LogP contribution in [-0.2, 0) is 28.7 Å². The number of ether oxygens (including phenoxy) is 2. The Hall–Kier alpha value is -1.98. The fourth-order valence-corrected chi connectivity index (χ4v) is 5.20. The van der Waals surface area contributed by atoms with E-state index in [0.717, 1.165) is 0 Å². The van der Waals surface area contributed by atoms with Crippen molar-refractivity contribution in [3.8, 4) is 0 Å². The van der Waals surface area contributed by atoms with Crippen molar-refractivity contribution in [3.05, 3.63) is 12.2 Å². The number of allylic oxidation sites excluding steroid dienone is 2. The first kappa shape index (κ1) is 10.8. The zero-order chi connectivity index (χ0) is 13.8. The first-order valence-corrected chi connectivity index (χ1v) is 6.79. The van der Waals surface area contributed by atoms with E-state index in [1.54, 1.807) is 0 Å². The minimum atomic E-state index is -0.487. The number of rotatable bonds is 0. The molecular weight excluding hydrogens is 264 g/mol. The van der Waals surface area contributed by atoms with Crippen LogP contribution in [0.25, 0.3) is 0 Å². The number of hydrogen-bond donors (Lipinski definition) is 0. The number of fused-ring (bicyclic) bond motifs is 1. The van der Waals surface area contributed by atoms with Crippen molar-refractivity contribution >= 4 is 23.9 Å². The van der Waals surface area contributed by atoms with Crippen LogP contribution in [0.2, 0.25) is 0 Å². The Kier molecular flexibility index (Phi) is 1.63. The standard InChI is InChI=1S/C14H10O6/c15-11-7-3-1-2-4(8(7)12(16)19-11)6-5(3)9-10(6)14(18)20-13(9)17/h1-10H/t3-,4+,5-,6+,7-,8-,9-,10-/m1/s1. The molecule has 0 radical (unpaired) electrons. The molecule has 0 aromatic carbocycles. The molecule has 4 fully saturated rings. The number of esters is 4. The van der Waals surface area contributed by atoms with Gasteiger partial charge >= 0.3 is 23.9 Å². The molecule has 2 aliphatic heterocycles. The Bertz CT molecular complexity index is 582. The summed E-state index contributed by atoms with van der Waals surface area (Å²) in [6.45, 7) is 0. The lowest BCUT2D eigenvalue weighted by atomic mass is 9.40. The van der Waals surface area contributed by atoms with Crippen molar-refractivity contribution in [1.82, 2.24) is 0 Å². The summed E-state index contributed by atoms with van der Waals surface area (Å²) in [4.78, 5) is 47.3. The van der Waals surface area contributed by atoms with E-state index in [4.69, 9.17) is 9.47 Å². The van der Waals surface area contributed by atoms with Crippen molar-refractivity contribution < 1.29 is 28.7 Å². The van der Waals surface area contributed by atoms with E-state index in [1.807, 2.05) is 12.2 Å². The third-order valence-electron chi connectivity index (χ3n) is 5.81. The number of hydrogen-bond acceptors (Lipinski definition) is 6. The van der Waals surface area contributed by atoms with Crippen molar-refractivity contribution in [3.63, 3.8) is 0 Å². The molecule has 2 saturated carbocycles. The summed E-state index contributed by atoms with van der Waals surface area (Å²) in [7, 11) is 0. The van der Waals surface area contributed by atoms with E-state index in [9.17, 15) is 19.2 Å². The van der Waals surface area contributed by atoms with Gasteiger partial charge in [-0.15, -0.1) is 0 Å².